The molecule has 0 saturated carbocycles. The summed E-state index contributed by atoms with van der Waals surface area (Å²) in [4.78, 5) is 18.9. The number of benzene rings is 1. The molecule has 1 aromatic carbocycles. The van der Waals surface area contributed by atoms with Crippen LogP contribution in [0.15, 0.2) is 24.4 Å². The zero-order valence-corrected chi connectivity index (χ0v) is 17.4. The molecule has 174 valence electrons. The van der Waals surface area contributed by atoms with Gasteiger partial charge in [0.2, 0.25) is 0 Å². The van der Waals surface area contributed by atoms with Crippen LogP contribution in [0.1, 0.15) is 65.1 Å². The van der Waals surface area contributed by atoms with E-state index in [1.54, 1.807) is 15.7 Å². The van der Waals surface area contributed by atoms with Gasteiger partial charge in [-0.2, -0.15) is 26.3 Å². The SMILES string of the molecule is CC1CCN(C(=O)c2cn3c(n2)CCC(c2cc(C(F)(F)F)cc(C(F)(F)F)c2)C3)CC1. The standard InChI is InChI=1S/C22H23F6N3O/c1-13-4-6-30(7-5-13)20(32)18-12-31-11-14(2-3-19(31)29-18)15-8-16(21(23,24)25)10-17(9-15)22(26,27)28/h8-10,12-14H,2-7,11H2,1H3. The maximum Gasteiger partial charge on any atom is 0.416 e. The molecule has 1 aromatic heterocycles. The predicted molar refractivity (Wildman–Crippen MR) is 104 cm³/mol. The summed E-state index contributed by atoms with van der Waals surface area (Å²) < 4.78 is 80.9. The third kappa shape index (κ3) is 4.63. The van der Waals surface area contributed by atoms with Crippen molar-refractivity contribution in [2.75, 3.05) is 13.1 Å². The molecule has 1 fully saturated rings. The summed E-state index contributed by atoms with van der Waals surface area (Å²) in [5.74, 6) is 0.453. The maximum atomic E-state index is 13.2. The number of carbonyl (C=O) groups excluding carboxylic acids is 1. The van der Waals surface area contributed by atoms with E-state index in [0.29, 0.717) is 37.7 Å². The molecule has 3 heterocycles. The first-order valence-electron chi connectivity index (χ1n) is 10.6. The van der Waals surface area contributed by atoms with Crippen LogP contribution in [0.25, 0.3) is 0 Å². The number of hydrogen-bond donors (Lipinski definition) is 0. The highest BCUT2D eigenvalue weighted by Gasteiger charge is 2.38. The molecule has 10 heteroatoms. The molecule has 1 unspecified atom stereocenters. The lowest BCUT2D eigenvalue weighted by Crippen LogP contribution is -2.38. The fourth-order valence-electron chi connectivity index (χ4n) is 4.41. The van der Waals surface area contributed by atoms with Crippen LogP contribution in [-0.4, -0.2) is 33.4 Å². The Labute approximate surface area is 181 Å². The van der Waals surface area contributed by atoms with E-state index >= 15 is 0 Å². The molecule has 32 heavy (non-hydrogen) atoms. The third-order valence-corrected chi connectivity index (χ3v) is 6.36. The van der Waals surface area contributed by atoms with E-state index in [-0.39, 0.29) is 29.8 Å². The number of fused-ring (bicyclic) bond motifs is 1. The lowest BCUT2D eigenvalue weighted by Gasteiger charge is -2.29. The first kappa shape index (κ1) is 22.7. The van der Waals surface area contributed by atoms with Crippen LogP contribution in [0.2, 0.25) is 0 Å². The summed E-state index contributed by atoms with van der Waals surface area (Å²) in [6.07, 6.45) is -5.64. The topological polar surface area (TPSA) is 38.1 Å². The maximum absolute atomic E-state index is 13.2. The van der Waals surface area contributed by atoms with E-state index in [4.69, 9.17) is 0 Å². The van der Waals surface area contributed by atoms with Gasteiger partial charge in [-0.25, -0.2) is 4.98 Å². The number of carbonyl (C=O) groups is 1. The van der Waals surface area contributed by atoms with Crippen molar-refractivity contribution < 1.29 is 31.1 Å². The second-order valence-corrected chi connectivity index (χ2v) is 8.74. The van der Waals surface area contributed by atoms with Gasteiger partial charge in [-0.1, -0.05) is 6.92 Å². The molecular weight excluding hydrogens is 436 g/mol. The van der Waals surface area contributed by atoms with Gasteiger partial charge >= 0.3 is 12.4 Å². The minimum atomic E-state index is -4.88. The molecule has 1 saturated heterocycles. The summed E-state index contributed by atoms with van der Waals surface area (Å²) in [7, 11) is 0. The number of halogens is 6. The van der Waals surface area contributed by atoms with Crippen molar-refractivity contribution >= 4 is 5.91 Å². The minimum absolute atomic E-state index is 0.00982. The van der Waals surface area contributed by atoms with Gasteiger partial charge < -0.3 is 9.47 Å². The lowest BCUT2D eigenvalue weighted by atomic mass is 9.89. The highest BCUT2D eigenvalue weighted by Crippen LogP contribution is 2.39. The van der Waals surface area contributed by atoms with E-state index in [1.807, 2.05) is 0 Å². The number of imidazole rings is 1. The molecule has 2 aliphatic rings. The number of hydrogen-bond acceptors (Lipinski definition) is 2. The number of amides is 1. The summed E-state index contributed by atoms with van der Waals surface area (Å²) in [6, 6.07) is 1.73. The lowest BCUT2D eigenvalue weighted by molar-refractivity contribution is -0.143. The van der Waals surface area contributed by atoms with Crippen molar-refractivity contribution in [3.05, 3.63) is 52.6 Å². The van der Waals surface area contributed by atoms with Gasteiger partial charge in [-0.3, -0.25) is 4.79 Å². The Hall–Kier alpha value is -2.52. The Bertz CT molecular complexity index is 970. The number of aromatic nitrogens is 2. The van der Waals surface area contributed by atoms with Crippen molar-refractivity contribution in [1.29, 1.82) is 0 Å². The van der Waals surface area contributed by atoms with Crippen molar-refractivity contribution in [1.82, 2.24) is 14.5 Å². The molecule has 2 aliphatic heterocycles. The molecule has 0 aliphatic carbocycles. The number of aryl methyl sites for hydroxylation is 1. The molecule has 4 rings (SSSR count). The van der Waals surface area contributed by atoms with E-state index in [1.165, 1.54) is 0 Å². The normalized spacial score (nSPS) is 20.3. The van der Waals surface area contributed by atoms with Gasteiger partial charge in [0, 0.05) is 38.2 Å². The van der Waals surface area contributed by atoms with Gasteiger partial charge in [0.05, 0.1) is 11.1 Å². The zero-order chi connectivity index (χ0) is 23.3. The minimum Gasteiger partial charge on any atom is -0.337 e. The van der Waals surface area contributed by atoms with Crippen LogP contribution in [-0.2, 0) is 25.3 Å². The second-order valence-electron chi connectivity index (χ2n) is 8.74. The highest BCUT2D eigenvalue weighted by atomic mass is 19.4. The van der Waals surface area contributed by atoms with Crippen LogP contribution in [0.5, 0.6) is 0 Å². The average molecular weight is 459 g/mol. The third-order valence-electron chi connectivity index (χ3n) is 6.36. The van der Waals surface area contributed by atoms with E-state index in [9.17, 15) is 31.1 Å². The number of alkyl halides is 6. The van der Waals surface area contributed by atoms with Crippen LogP contribution >= 0.6 is 0 Å². The molecule has 0 N–H and O–H groups in total. The first-order valence-corrected chi connectivity index (χ1v) is 10.6. The van der Waals surface area contributed by atoms with E-state index in [2.05, 4.69) is 11.9 Å². The van der Waals surface area contributed by atoms with Gasteiger partial charge in [0.15, 0.2) is 0 Å². The summed E-state index contributed by atoms with van der Waals surface area (Å²) in [5, 5.41) is 0. The fraction of sp³-hybridized carbons (Fsp3) is 0.545. The van der Waals surface area contributed by atoms with Gasteiger partial charge in [0.1, 0.15) is 11.5 Å². The smallest absolute Gasteiger partial charge is 0.337 e. The average Bonchev–Trinajstić information content (AvgIpc) is 3.15. The first-order chi connectivity index (χ1) is 14.9. The molecule has 0 bridgehead atoms. The van der Waals surface area contributed by atoms with E-state index in [0.717, 1.165) is 25.0 Å². The highest BCUT2D eigenvalue weighted by molar-refractivity contribution is 5.92. The Morgan fingerprint density at radius 3 is 2.12 bits per heavy atom. The van der Waals surface area contributed by atoms with Crippen LogP contribution in [0.3, 0.4) is 0 Å². The largest absolute Gasteiger partial charge is 0.416 e. The fourth-order valence-corrected chi connectivity index (χ4v) is 4.41. The number of rotatable bonds is 2. The predicted octanol–water partition coefficient (Wildman–Crippen LogP) is 5.52. The van der Waals surface area contributed by atoms with Gasteiger partial charge in [0.25, 0.3) is 5.91 Å². The van der Waals surface area contributed by atoms with E-state index < -0.39 is 29.4 Å². The Morgan fingerprint density at radius 2 is 1.56 bits per heavy atom. The summed E-state index contributed by atoms with van der Waals surface area (Å²) in [5.41, 5.74) is -2.36. The quantitative estimate of drug-likeness (QED) is 0.555. The number of likely N-dealkylation sites (tertiary alicyclic amines) is 1. The molecule has 1 amide bonds. The molecule has 0 radical (unpaired) electrons. The van der Waals surface area contributed by atoms with Crippen molar-refractivity contribution in [2.45, 2.75) is 57.4 Å². The Morgan fingerprint density at radius 1 is 0.969 bits per heavy atom. The summed E-state index contributed by atoms with van der Waals surface area (Å²) in [6.45, 7) is 3.60. The van der Waals surface area contributed by atoms with Crippen LogP contribution < -0.4 is 0 Å². The monoisotopic (exact) mass is 459 g/mol. The Kier molecular flexibility index (Phi) is 5.75. The zero-order valence-electron chi connectivity index (χ0n) is 17.4. The van der Waals surface area contributed by atoms with Crippen molar-refractivity contribution in [3.63, 3.8) is 0 Å². The number of piperidine rings is 1. The number of nitrogens with zero attached hydrogens (tertiary/aromatic N) is 3. The Balaban J connectivity index is 1.58. The molecular formula is C22H23F6N3O. The van der Waals surface area contributed by atoms with Crippen LogP contribution in [0, 0.1) is 5.92 Å². The van der Waals surface area contributed by atoms with Crippen LogP contribution in [0.4, 0.5) is 26.3 Å². The molecule has 2 aromatic rings. The molecule has 0 spiro atoms. The summed E-state index contributed by atoms with van der Waals surface area (Å²) >= 11 is 0. The molecule has 1 atom stereocenters. The van der Waals surface area contributed by atoms with Gasteiger partial charge in [-0.05, 0) is 48.9 Å². The van der Waals surface area contributed by atoms with Crippen molar-refractivity contribution in [3.8, 4) is 0 Å². The van der Waals surface area contributed by atoms with Crippen molar-refractivity contribution in [2.24, 2.45) is 5.92 Å². The van der Waals surface area contributed by atoms with Gasteiger partial charge in [-0.15, -0.1) is 0 Å². The second kappa shape index (κ2) is 8.12. The molecule has 4 nitrogen and oxygen atoms in total.